The number of nitrogens with one attached hydrogen (secondary N) is 2. The molecule has 0 spiro atoms. The van der Waals surface area contributed by atoms with Gasteiger partial charge in [0.25, 0.3) is 5.91 Å². The SMILES string of the molecule is COC(=O)c1ccc(N2CCNCC2)c(NC(=O)c2ccc(Cl)cc2)c1. The van der Waals surface area contributed by atoms with E-state index in [0.29, 0.717) is 21.8 Å². The van der Waals surface area contributed by atoms with Gasteiger partial charge in [0, 0.05) is 36.8 Å². The first-order valence-corrected chi connectivity index (χ1v) is 8.71. The van der Waals surface area contributed by atoms with Crippen molar-refractivity contribution in [2.24, 2.45) is 0 Å². The Hall–Kier alpha value is -2.57. The highest BCUT2D eigenvalue weighted by Gasteiger charge is 2.18. The standard InChI is InChI=1S/C19H20ClN3O3/c1-26-19(25)14-4-7-17(23-10-8-21-9-11-23)16(12-14)22-18(24)13-2-5-15(20)6-3-13/h2-7,12,21H,8-11H2,1H3,(H,22,24). The van der Waals surface area contributed by atoms with Gasteiger partial charge in [-0.1, -0.05) is 11.6 Å². The monoisotopic (exact) mass is 373 g/mol. The molecule has 1 aliphatic rings. The van der Waals surface area contributed by atoms with Gasteiger partial charge in [0.2, 0.25) is 0 Å². The number of anilines is 2. The molecule has 3 rings (SSSR count). The summed E-state index contributed by atoms with van der Waals surface area (Å²) in [6, 6.07) is 11.9. The molecule has 0 aromatic heterocycles. The van der Waals surface area contributed by atoms with E-state index in [4.69, 9.17) is 16.3 Å². The highest BCUT2D eigenvalue weighted by molar-refractivity contribution is 6.30. The fourth-order valence-electron chi connectivity index (χ4n) is 2.86. The first-order valence-electron chi connectivity index (χ1n) is 8.33. The summed E-state index contributed by atoms with van der Waals surface area (Å²) in [5.74, 6) is -0.709. The average molecular weight is 374 g/mol. The number of carbonyl (C=O) groups is 2. The Kier molecular flexibility index (Phi) is 5.75. The number of hydrogen-bond donors (Lipinski definition) is 2. The molecular weight excluding hydrogens is 354 g/mol. The van der Waals surface area contributed by atoms with Crippen LogP contribution in [0.4, 0.5) is 11.4 Å². The fourth-order valence-corrected chi connectivity index (χ4v) is 2.98. The van der Waals surface area contributed by atoms with E-state index in [9.17, 15) is 9.59 Å². The van der Waals surface area contributed by atoms with Gasteiger partial charge in [-0.25, -0.2) is 4.79 Å². The molecule has 2 aromatic rings. The van der Waals surface area contributed by atoms with Crippen molar-refractivity contribution in [2.45, 2.75) is 0 Å². The van der Waals surface area contributed by atoms with Crippen molar-refractivity contribution in [1.82, 2.24) is 5.32 Å². The quantitative estimate of drug-likeness (QED) is 0.806. The number of piperazine rings is 1. The van der Waals surface area contributed by atoms with Crippen molar-refractivity contribution in [2.75, 3.05) is 43.5 Å². The normalized spacial score (nSPS) is 14.0. The van der Waals surface area contributed by atoms with Crippen molar-refractivity contribution in [3.8, 4) is 0 Å². The van der Waals surface area contributed by atoms with Gasteiger partial charge in [0.05, 0.1) is 24.0 Å². The third-order valence-corrected chi connectivity index (χ3v) is 4.48. The van der Waals surface area contributed by atoms with Crippen LogP contribution in [0.25, 0.3) is 0 Å². The molecule has 7 heteroatoms. The summed E-state index contributed by atoms with van der Waals surface area (Å²) in [7, 11) is 1.33. The highest BCUT2D eigenvalue weighted by atomic mass is 35.5. The Labute approximate surface area is 157 Å². The van der Waals surface area contributed by atoms with Crippen LogP contribution in [-0.2, 0) is 4.74 Å². The Morgan fingerprint density at radius 3 is 2.38 bits per heavy atom. The first kappa shape index (κ1) is 18.2. The van der Waals surface area contributed by atoms with Crippen LogP contribution in [-0.4, -0.2) is 45.2 Å². The summed E-state index contributed by atoms with van der Waals surface area (Å²) in [5.41, 5.74) is 2.33. The molecule has 1 aliphatic heterocycles. The van der Waals surface area contributed by atoms with Gasteiger partial charge in [-0.3, -0.25) is 4.79 Å². The molecule has 1 amide bonds. The summed E-state index contributed by atoms with van der Waals surface area (Å²) in [6.45, 7) is 3.37. The number of nitrogens with zero attached hydrogens (tertiary/aromatic N) is 1. The summed E-state index contributed by atoms with van der Waals surface area (Å²) < 4.78 is 4.79. The zero-order valence-electron chi connectivity index (χ0n) is 14.4. The molecule has 136 valence electrons. The number of carbonyl (C=O) groups excluding carboxylic acids is 2. The van der Waals surface area contributed by atoms with Gasteiger partial charge in [-0.2, -0.15) is 0 Å². The second-order valence-corrected chi connectivity index (χ2v) is 6.36. The van der Waals surface area contributed by atoms with Crippen LogP contribution in [0.5, 0.6) is 0 Å². The average Bonchev–Trinajstić information content (AvgIpc) is 2.68. The molecule has 2 N–H and O–H groups in total. The molecular formula is C19H20ClN3O3. The molecule has 0 unspecified atom stereocenters. The van der Waals surface area contributed by atoms with E-state index in [0.717, 1.165) is 31.9 Å². The molecule has 6 nitrogen and oxygen atoms in total. The second-order valence-electron chi connectivity index (χ2n) is 5.92. The van der Waals surface area contributed by atoms with Crippen LogP contribution >= 0.6 is 11.6 Å². The van der Waals surface area contributed by atoms with Crippen molar-refractivity contribution in [1.29, 1.82) is 0 Å². The van der Waals surface area contributed by atoms with Crippen molar-refractivity contribution in [3.05, 3.63) is 58.6 Å². The van der Waals surface area contributed by atoms with Crippen molar-refractivity contribution >= 4 is 34.9 Å². The maximum Gasteiger partial charge on any atom is 0.337 e. The van der Waals surface area contributed by atoms with Gasteiger partial charge in [0.15, 0.2) is 0 Å². The fraction of sp³-hybridized carbons (Fsp3) is 0.263. The number of esters is 1. The summed E-state index contributed by atoms with van der Waals surface area (Å²) in [5, 5.41) is 6.78. The molecule has 0 aliphatic carbocycles. The number of hydrogen-bond acceptors (Lipinski definition) is 5. The van der Waals surface area contributed by atoms with E-state index >= 15 is 0 Å². The predicted molar refractivity (Wildman–Crippen MR) is 102 cm³/mol. The smallest absolute Gasteiger partial charge is 0.337 e. The zero-order valence-corrected chi connectivity index (χ0v) is 15.2. The number of methoxy groups -OCH3 is 1. The summed E-state index contributed by atoms with van der Waals surface area (Å²) in [4.78, 5) is 26.7. The van der Waals surface area contributed by atoms with E-state index < -0.39 is 5.97 Å². The molecule has 0 bridgehead atoms. The number of rotatable bonds is 4. The van der Waals surface area contributed by atoms with Crippen LogP contribution < -0.4 is 15.5 Å². The first-order chi connectivity index (χ1) is 12.6. The molecule has 26 heavy (non-hydrogen) atoms. The van der Waals surface area contributed by atoms with Crippen molar-refractivity contribution < 1.29 is 14.3 Å². The van der Waals surface area contributed by atoms with Crippen LogP contribution in [0.3, 0.4) is 0 Å². The van der Waals surface area contributed by atoms with Crippen LogP contribution in [0.1, 0.15) is 20.7 Å². The Morgan fingerprint density at radius 2 is 1.73 bits per heavy atom. The highest BCUT2D eigenvalue weighted by Crippen LogP contribution is 2.28. The Balaban J connectivity index is 1.91. The second kappa shape index (κ2) is 8.21. The topological polar surface area (TPSA) is 70.7 Å². The van der Waals surface area contributed by atoms with E-state index in [1.165, 1.54) is 7.11 Å². The number of halogens is 1. The number of amides is 1. The lowest BCUT2D eigenvalue weighted by Gasteiger charge is -2.31. The number of benzene rings is 2. The third kappa shape index (κ3) is 4.15. The maximum absolute atomic E-state index is 12.6. The molecule has 0 atom stereocenters. The van der Waals surface area contributed by atoms with E-state index in [2.05, 4.69) is 15.5 Å². The van der Waals surface area contributed by atoms with Crippen LogP contribution in [0, 0.1) is 0 Å². The van der Waals surface area contributed by atoms with Crippen LogP contribution in [0.15, 0.2) is 42.5 Å². The minimum absolute atomic E-state index is 0.264. The molecule has 0 radical (unpaired) electrons. The Bertz CT molecular complexity index is 802. The van der Waals surface area contributed by atoms with E-state index in [-0.39, 0.29) is 5.91 Å². The maximum atomic E-state index is 12.6. The molecule has 1 saturated heterocycles. The zero-order chi connectivity index (χ0) is 18.5. The lowest BCUT2D eigenvalue weighted by Crippen LogP contribution is -2.43. The van der Waals surface area contributed by atoms with Gasteiger partial charge in [0.1, 0.15) is 0 Å². The third-order valence-electron chi connectivity index (χ3n) is 4.23. The number of ether oxygens (including phenoxy) is 1. The summed E-state index contributed by atoms with van der Waals surface area (Å²) in [6.07, 6.45) is 0. The van der Waals surface area contributed by atoms with E-state index in [1.807, 2.05) is 6.07 Å². The summed E-state index contributed by atoms with van der Waals surface area (Å²) >= 11 is 5.88. The molecule has 1 fully saturated rings. The molecule has 0 saturated carbocycles. The van der Waals surface area contributed by atoms with Crippen molar-refractivity contribution in [3.63, 3.8) is 0 Å². The minimum Gasteiger partial charge on any atom is -0.465 e. The van der Waals surface area contributed by atoms with Gasteiger partial charge in [-0.15, -0.1) is 0 Å². The molecule has 1 heterocycles. The van der Waals surface area contributed by atoms with E-state index in [1.54, 1.807) is 36.4 Å². The van der Waals surface area contributed by atoms with Gasteiger partial charge in [-0.05, 0) is 42.5 Å². The predicted octanol–water partition coefficient (Wildman–Crippen LogP) is 2.79. The minimum atomic E-state index is -0.446. The lowest BCUT2D eigenvalue weighted by atomic mass is 10.1. The van der Waals surface area contributed by atoms with Gasteiger partial charge >= 0.3 is 5.97 Å². The van der Waals surface area contributed by atoms with Gasteiger partial charge < -0.3 is 20.3 Å². The largest absolute Gasteiger partial charge is 0.465 e. The van der Waals surface area contributed by atoms with Crippen LogP contribution in [0.2, 0.25) is 5.02 Å². The Morgan fingerprint density at radius 1 is 1.08 bits per heavy atom. The molecule has 2 aromatic carbocycles. The lowest BCUT2D eigenvalue weighted by molar-refractivity contribution is 0.0600.